The summed E-state index contributed by atoms with van der Waals surface area (Å²) < 4.78 is 7.80. The van der Waals surface area contributed by atoms with Crippen molar-refractivity contribution in [1.82, 2.24) is 14.5 Å². The molecule has 0 saturated heterocycles. The number of fused-ring (bicyclic) bond motifs is 1. The van der Waals surface area contributed by atoms with Crippen LogP contribution in [0, 0.1) is 11.8 Å². The maximum absolute atomic E-state index is 13.5. The van der Waals surface area contributed by atoms with Crippen LogP contribution in [0.1, 0.15) is 63.7 Å². The standard InChI is InChI=1S/C26H38N4O2/c1-19(2)11-15-29(16-12-20(3)4)26(31)21-9-10-22-23(18-21)30(14-6-5-13-27)25(28-22)24-8-7-17-32-24/h7-10,17-20H,5-6,11-16,27H2,1-4H3. The Hall–Kier alpha value is -2.60. The summed E-state index contributed by atoms with van der Waals surface area (Å²) in [6, 6.07) is 9.65. The molecule has 0 aliphatic carbocycles. The maximum atomic E-state index is 13.5. The van der Waals surface area contributed by atoms with Gasteiger partial charge < -0.3 is 19.6 Å². The van der Waals surface area contributed by atoms with E-state index in [4.69, 9.17) is 15.1 Å². The Labute approximate surface area is 191 Å². The molecule has 1 amide bonds. The molecule has 0 unspecified atom stereocenters. The van der Waals surface area contributed by atoms with E-state index in [1.165, 1.54) is 0 Å². The van der Waals surface area contributed by atoms with Gasteiger partial charge in [0.05, 0.1) is 17.3 Å². The Morgan fingerprint density at radius 1 is 1.09 bits per heavy atom. The summed E-state index contributed by atoms with van der Waals surface area (Å²) in [6.45, 7) is 11.8. The third kappa shape index (κ3) is 6.00. The van der Waals surface area contributed by atoms with Gasteiger partial charge in [0.1, 0.15) is 0 Å². The van der Waals surface area contributed by atoms with Crippen LogP contribution in [0.25, 0.3) is 22.6 Å². The van der Waals surface area contributed by atoms with Gasteiger partial charge in [-0.3, -0.25) is 4.79 Å². The monoisotopic (exact) mass is 438 g/mol. The van der Waals surface area contributed by atoms with Crippen molar-refractivity contribution in [3.63, 3.8) is 0 Å². The molecule has 3 rings (SSSR count). The normalized spacial score (nSPS) is 11.7. The smallest absolute Gasteiger partial charge is 0.253 e. The molecule has 0 spiro atoms. The zero-order valence-electron chi connectivity index (χ0n) is 20.0. The third-order valence-corrected chi connectivity index (χ3v) is 5.81. The number of imidazole rings is 1. The van der Waals surface area contributed by atoms with Crippen LogP contribution in [0.3, 0.4) is 0 Å². The van der Waals surface area contributed by atoms with Crippen molar-refractivity contribution in [1.29, 1.82) is 0 Å². The summed E-state index contributed by atoms with van der Waals surface area (Å²) in [5.74, 6) is 2.75. The molecule has 2 N–H and O–H groups in total. The molecule has 0 aliphatic heterocycles. The maximum Gasteiger partial charge on any atom is 0.253 e. The molecular formula is C26H38N4O2. The predicted molar refractivity (Wildman–Crippen MR) is 131 cm³/mol. The van der Waals surface area contributed by atoms with Gasteiger partial charge in [-0.25, -0.2) is 4.98 Å². The SMILES string of the molecule is CC(C)CCN(CCC(C)C)C(=O)c1ccc2nc(-c3ccco3)n(CCCCN)c2c1. The van der Waals surface area contributed by atoms with Crippen LogP contribution in [0.5, 0.6) is 0 Å². The average molecular weight is 439 g/mol. The van der Waals surface area contributed by atoms with Crippen LogP contribution in [-0.2, 0) is 6.54 Å². The van der Waals surface area contributed by atoms with E-state index in [9.17, 15) is 4.79 Å². The van der Waals surface area contributed by atoms with Gasteiger partial charge in [0.15, 0.2) is 11.6 Å². The fourth-order valence-electron chi connectivity index (χ4n) is 3.82. The topological polar surface area (TPSA) is 77.3 Å². The summed E-state index contributed by atoms with van der Waals surface area (Å²) >= 11 is 0. The number of nitrogens with two attached hydrogens (primary N) is 1. The number of benzene rings is 1. The molecule has 0 bridgehead atoms. The molecule has 2 heterocycles. The molecule has 3 aromatic rings. The van der Waals surface area contributed by atoms with E-state index in [0.29, 0.717) is 18.4 Å². The van der Waals surface area contributed by atoms with E-state index in [2.05, 4.69) is 32.3 Å². The van der Waals surface area contributed by atoms with E-state index < -0.39 is 0 Å². The van der Waals surface area contributed by atoms with Crippen molar-refractivity contribution in [2.24, 2.45) is 17.6 Å². The average Bonchev–Trinajstić information content (AvgIpc) is 3.41. The van der Waals surface area contributed by atoms with Crippen LogP contribution in [-0.4, -0.2) is 40.0 Å². The zero-order valence-corrected chi connectivity index (χ0v) is 20.0. The molecular weight excluding hydrogens is 400 g/mol. The minimum Gasteiger partial charge on any atom is -0.461 e. The predicted octanol–water partition coefficient (Wildman–Crippen LogP) is 5.57. The molecule has 32 heavy (non-hydrogen) atoms. The first kappa shape index (κ1) is 24.1. The lowest BCUT2D eigenvalue weighted by Crippen LogP contribution is -2.34. The van der Waals surface area contributed by atoms with Gasteiger partial charge in [-0.05, 0) is 74.4 Å². The molecule has 1 aromatic carbocycles. The van der Waals surface area contributed by atoms with E-state index in [-0.39, 0.29) is 5.91 Å². The Kier molecular flexibility index (Phi) is 8.51. The van der Waals surface area contributed by atoms with E-state index in [0.717, 1.165) is 73.5 Å². The summed E-state index contributed by atoms with van der Waals surface area (Å²) in [6.07, 6.45) is 5.56. The highest BCUT2D eigenvalue weighted by Crippen LogP contribution is 2.27. The summed E-state index contributed by atoms with van der Waals surface area (Å²) in [4.78, 5) is 20.3. The number of hydrogen-bond acceptors (Lipinski definition) is 4. The van der Waals surface area contributed by atoms with E-state index in [1.807, 2.05) is 35.2 Å². The first-order valence-corrected chi connectivity index (χ1v) is 11.9. The minimum atomic E-state index is 0.0995. The minimum absolute atomic E-state index is 0.0995. The number of nitrogens with zero attached hydrogens (tertiary/aromatic N) is 3. The van der Waals surface area contributed by atoms with Crippen molar-refractivity contribution >= 4 is 16.9 Å². The molecule has 0 fully saturated rings. The number of aromatic nitrogens is 2. The van der Waals surface area contributed by atoms with Gasteiger partial charge in [0.25, 0.3) is 5.91 Å². The Morgan fingerprint density at radius 2 is 1.81 bits per heavy atom. The highest BCUT2D eigenvalue weighted by molar-refractivity contribution is 5.98. The third-order valence-electron chi connectivity index (χ3n) is 5.81. The van der Waals surface area contributed by atoms with Crippen LogP contribution >= 0.6 is 0 Å². The molecule has 0 saturated carbocycles. The second-order valence-electron chi connectivity index (χ2n) is 9.42. The second kappa shape index (κ2) is 11.3. The van der Waals surface area contributed by atoms with Crippen LogP contribution in [0.4, 0.5) is 0 Å². The van der Waals surface area contributed by atoms with Crippen LogP contribution in [0.2, 0.25) is 0 Å². The molecule has 174 valence electrons. The lowest BCUT2D eigenvalue weighted by molar-refractivity contribution is 0.0741. The van der Waals surface area contributed by atoms with Gasteiger partial charge in [0, 0.05) is 25.2 Å². The highest BCUT2D eigenvalue weighted by Gasteiger charge is 2.20. The van der Waals surface area contributed by atoms with E-state index in [1.54, 1.807) is 6.26 Å². The van der Waals surface area contributed by atoms with Crippen molar-refractivity contribution < 1.29 is 9.21 Å². The zero-order chi connectivity index (χ0) is 23.1. The first-order valence-electron chi connectivity index (χ1n) is 11.9. The van der Waals surface area contributed by atoms with Gasteiger partial charge in [-0.1, -0.05) is 27.7 Å². The Balaban J connectivity index is 1.95. The van der Waals surface area contributed by atoms with Crippen molar-refractivity contribution in [3.05, 3.63) is 42.2 Å². The largest absolute Gasteiger partial charge is 0.461 e. The van der Waals surface area contributed by atoms with Gasteiger partial charge in [-0.2, -0.15) is 0 Å². The highest BCUT2D eigenvalue weighted by atomic mass is 16.3. The van der Waals surface area contributed by atoms with Crippen LogP contribution in [0.15, 0.2) is 41.0 Å². The first-order chi connectivity index (χ1) is 15.4. The Bertz CT molecular complexity index is 977. The quantitative estimate of drug-likeness (QED) is 0.375. The number of aryl methyl sites for hydroxylation is 1. The fourth-order valence-corrected chi connectivity index (χ4v) is 3.82. The van der Waals surface area contributed by atoms with Crippen molar-refractivity contribution in [2.45, 2.75) is 59.9 Å². The molecule has 0 atom stereocenters. The lowest BCUT2D eigenvalue weighted by Gasteiger charge is -2.24. The number of rotatable bonds is 12. The van der Waals surface area contributed by atoms with E-state index >= 15 is 0 Å². The number of amides is 1. The number of carbonyl (C=O) groups is 1. The summed E-state index contributed by atoms with van der Waals surface area (Å²) in [5, 5.41) is 0. The van der Waals surface area contributed by atoms with Gasteiger partial charge >= 0.3 is 0 Å². The van der Waals surface area contributed by atoms with Crippen molar-refractivity contribution in [3.8, 4) is 11.6 Å². The van der Waals surface area contributed by atoms with Crippen LogP contribution < -0.4 is 5.73 Å². The number of carbonyl (C=O) groups excluding carboxylic acids is 1. The molecule has 2 aromatic heterocycles. The molecule has 6 nitrogen and oxygen atoms in total. The Morgan fingerprint density at radius 3 is 2.41 bits per heavy atom. The molecule has 0 radical (unpaired) electrons. The number of unbranched alkanes of at least 4 members (excludes halogenated alkanes) is 1. The number of furan rings is 1. The molecule has 6 heteroatoms. The van der Waals surface area contributed by atoms with Crippen molar-refractivity contribution in [2.75, 3.05) is 19.6 Å². The summed E-state index contributed by atoms with van der Waals surface area (Å²) in [5.41, 5.74) is 8.27. The van der Waals surface area contributed by atoms with Gasteiger partial charge in [0.2, 0.25) is 0 Å². The fraction of sp³-hybridized carbons (Fsp3) is 0.538. The summed E-state index contributed by atoms with van der Waals surface area (Å²) in [7, 11) is 0. The van der Waals surface area contributed by atoms with Gasteiger partial charge in [-0.15, -0.1) is 0 Å². The molecule has 0 aliphatic rings. The lowest BCUT2D eigenvalue weighted by atomic mass is 10.1. The number of hydrogen-bond donors (Lipinski definition) is 1. The second-order valence-corrected chi connectivity index (χ2v) is 9.42.